The molecule has 0 unspecified atom stereocenters. The summed E-state index contributed by atoms with van der Waals surface area (Å²) in [5.74, 6) is -1.28. The van der Waals surface area contributed by atoms with Gasteiger partial charge in [-0.3, -0.25) is 4.79 Å². The fraction of sp³-hybridized carbons (Fsp3) is 0.375. The van der Waals surface area contributed by atoms with Gasteiger partial charge < -0.3 is 25.2 Å². The third kappa shape index (κ3) is 8.65. The standard InChI is InChI=1S/C24H29ClN2O6/c1-15(2)11-19(27-24(31)33-14-16-7-5-4-6-8-16)22(28)26-20(23(29)30)13-17-9-10-21(32-3)18(25)12-17/h4-10,12,15,19-20H,11,13-14H2,1-3H3,(H,26,28)(H,27,31)(H,29,30)/t19-,20+/m0/s1. The zero-order valence-corrected chi connectivity index (χ0v) is 19.6. The molecule has 0 heterocycles. The first-order valence-corrected chi connectivity index (χ1v) is 10.9. The number of aliphatic carboxylic acids is 1. The first-order chi connectivity index (χ1) is 15.7. The number of rotatable bonds is 11. The summed E-state index contributed by atoms with van der Waals surface area (Å²) in [5.41, 5.74) is 1.42. The lowest BCUT2D eigenvalue weighted by molar-refractivity contribution is -0.142. The molecule has 9 heteroatoms. The van der Waals surface area contributed by atoms with Gasteiger partial charge in [-0.2, -0.15) is 0 Å². The van der Waals surface area contributed by atoms with Crippen LogP contribution in [0.5, 0.6) is 5.75 Å². The van der Waals surface area contributed by atoms with Crippen LogP contribution in [0.4, 0.5) is 4.79 Å². The Balaban J connectivity index is 2.03. The van der Waals surface area contributed by atoms with Crippen LogP contribution in [-0.4, -0.2) is 42.3 Å². The summed E-state index contributed by atoms with van der Waals surface area (Å²) in [5, 5.41) is 15.0. The van der Waals surface area contributed by atoms with Crippen LogP contribution in [0.3, 0.4) is 0 Å². The Labute approximate surface area is 198 Å². The van der Waals surface area contributed by atoms with E-state index in [-0.39, 0.29) is 18.9 Å². The summed E-state index contributed by atoms with van der Waals surface area (Å²) in [7, 11) is 1.48. The van der Waals surface area contributed by atoms with Crippen LogP contribution in [0.2, 0.25) is 5.02 Å². The number of nitrogens with one attached hydrogen (secondary N) is 2. The van der Waals surface area contributed by atoms with Gasteiger partial charge in [0.05, 0.1) is 12.1 Å². The maximum atomic E-state index is 12.9. The van der Waals surface area contributed by atoms with E-state index in [2.05, 4.69) is 10.6 Å². The van der Waals surface area contributed by atoms with Gasteiger partial charge >= 0.3 is 12.1 Å². The molecule has 2 atom stereocenters. The molecule has 2 aromatic carbocycles. The number of carbonyl (C=O) groups excluding carboxylic acids is 2. The minimum atomic E-state index is -1.21. The van der Waals surface area contributed by atoms with Crippen LogP contribution in [0.25, 0.3) is 0 Å². The van der Waals surface area contributed by atoms with Gasteiger partial charge in [0.25, 0.3) is 0 Å². The number of carbonyl (C=O) groups is 3. The number of halogens is 1. The number of ether oxygens (including phenoxy) is 2. The number of hydrogen-bond donors (Lipinski definition) is 3. The molecule has 2 aromatic rings. The zero-order valence-electron chi connectivity index (χ0n) is 18.8. The lowest BCUT2D eigenvalue weighted by atomic mass is 10.0. The summed E-state index contributed by atoms with van der Waals surface area (Å²) in [6, 6.07) is 11.9. The van der Waals surface area contributed by atoms with E-state index in [9.17, 15) is 19.5 Å². The Hall–Kier alpha value is -3.26. The molecule has 0 aliphatic rings. The highest BCUT2D eigenvalue weighted by Crippen LogP contribution is 2.25. The van der Waals surface area contributed by atoms with Gasteiger partial charge in [-0.05, 0) is 35.6 Å². The molecular formula is C24H29ClN2O6. The highest BCUT2D eigenvalue weighted by molar-refractivity contribution is 6.32. The Morgan fingerprint density at radius 2 is 1.70 bits per heavy atom. The second-order valence-electron chi connectivity index (χ2n) is 7.96. The second-order valence-corrected chi connectivity index (χ2v) is 8.37. The number of carboxylic acids is 1. The first kappa shape index (κ1) is 26.0. The van der Waals surface area contributed by atoms with E-state index < -0.39 is 30.1 Å². The van der Waals surface area contributed by atoms with Crippen molar-refractivity contribution < 1.29 is 29.0 Å². The number of benzene rings is 2. The summed E-state index contributed by atoms with van der Waals surface area (Å²) in [6.45, 7) is 3.84. The third-order valence-corrected chi connectivity index (χ3v) is 5.09. The topological polar surface area (TPSA) is 114 Å². The van der Waals surface area contributed by atoms with E-state index in [4.69, 9.17) is 21.1 Å². The van der Waals surface area contributed by atoms with Crippen molar-refractivity contribution >= 4 is 29.6 Å². The average Bonchev–Trinajstić information content (AvgIpc) is 2.77. The Morgan fingerprint density at radius 3 is 2.27 bits per heavy atom. The molecule has 0 radical (unpaired) electrons. The van der Waals surface area contributed by atoms with Gasteiger partial charge in [0.15, 0.2) is 0 Å². The number of carboxylic acid groups (broad SMARTS) is 1. The van der Waals surface area contributed by atoms with E-state index >= 15 is 0 Å². The fourth-order valence-corrected chi connectivity index (χ4v) is 3.44. The maximum Gasteiger partial charge on any atom is 0.408 e. The van der Waals surface area contributed by atoms with Crippen molar-refractivity contribution in [2.24, 2.45) is 5.92 Å². The van der Waals surface area contributed by atoms with Crippen molar-refractivity contribution in [2.45, 2.75) is 45.4 Å². The molecule has 0 aliphatic heterocycles. The van der Waals surface area contributed by atoms with Crippen LogP contribution >= 0.6 is 11.6 Å². The average molecular weight is 477 g/mol. The van der Waals surface area contributed by atoms with Crippen LogP contribution in [0, 0.1) is 5.92 Å². The van der Waals surface area contributed by atoms with Crippen molar-refractivity contribution in [3.8, 4) is 5.75 Å². The molecule has 0 spiro atoms. The largest absolute Gasteiger partial charge is 0.495 e. The third-order valence-electron chi connectivity index (χ3n) is 4.80. The lowest BCUT2D eigenvalue weighted by Gasteiger charge is -2.22. The fourth-order valence-electron chi connectivity index (χ4n) is 3.15. The van der Waals surface area contributed by atoms with E-state index in [0.717, 1.165) is 5.56 Å². The smallest absolute Gasteiger partial charge is 0.408 e. The van der Waals surface area contributed by atoms with Gasteiger partial charge in [0.1, 0.15) is 24.4 Å². The van der Waals surface area contributed by atoms with Crippen molar-refractivity contribution in [3.63, 3.8) is 0 Å². The van der Waals surface area contributed by atoms with Crippen molar-refractivity contribution in [1.29, 1.82) is 0 Å². The predicted molar refractivity (Wildman–Crippen MR) is 124 cm³/mol. The monoisotopic (exact) mass is 476 g/mol. The molecule has 0 saturated carbocycles. The van der Waals surface area contributed by atoms with E-state index in [1.165, 1.54) is 7.11 Å². The van der Waals surface area contributed by atoms with E-state index in [0.29, 0.717) is 22.8 Å². The van der Waals surface area contributed by atoms with E-state index in [1.807, 2.05) is 44.2 Å². The zero-order chi connectivity index (χ0) is 24.4. The molecule has 2 amide bonds. The number of methoxy groups -OCH3 is 1. The molecule has 8 nitrogen and oxygen atoms in total. The van der Waals surface area contributed by atoms with Crippen LogP contribution in [0.15, 0.2) is 48.5 Å². The van der Waals surface area contributed by atoms with Gasteiger partial charge in [-0.15, -0.1) is 0 Å². The molecular weight excluding hydrogens is 448 g/mol. The molecule has 0 bridgehead atoms. The molecule has 0 saturated heterocycles. The number of amides is 2. The maximum absolute atomic E-state index is 12.9. The van der Waals surface area contributed by atoms with E-state index in [1.54, 1.807) is 18.2 Å². The van der Waals surface area contributed by atoms with Crippen molar-refractivity contribution in [3.05, 3.63) is 64.7 Å². The SMILES string of the molecule is COc1ccc(C[C@@H](NC(=O)[C@H](CC(C)C)NC(=O)OCc2ccccc2)C(=O)O)cc1Cl. The Kier molecular flexibility index (Phi) is 10.00. The number of hydrogen-bond acceptors (Lipinski definition) is 5. The molecule has 178 valence electrons. The quantitative estimate of drug-likeness (QED) is 0.454. The molecule has 0 aromatic heterocycles. The highest BCUT2D eigenvalue weighted by Gasteiger charge is 2.28. The van der Waals surface area contributed by atoms with Crippen molar-refractivity contribution in [1.82, 2.24) is 10.6 Å². The summed E-state index contributed by atoms with van der Waals surface area (Å²) >= 11 is 6.12. The summed E-state index contributed by atoms with van der Waals surface area (Å²) in [4.78, 5) is 36.9. The van der Waals surface area contributed by atoms with Gasteiger partial charge in [-0.25, -0.2) is 9.59 Å². The second kappa shape index (κ2) is 12.7. The van der Waals surface area contributed by atoms with Crippen LogP contribution in [0.1, 0.15) is 31.4 Å². The highest BCUT2D eigenvalue weighted by atomic mass is 35.5. The summed E-state index contributed by atoms with van der Waals surface area (Å²) in [6.07, 6.45) is -0.432. The van der Waals surface area contributed by atoms with Gasteiger partial charge in [0.2, 0.25) is 5.91 Å². The normalized spacial score (nSPS) is 12.5. The molecule has 0 fully saturated rings. The summed E-state index contributed by atoms with van der Waals surface area (Å²) < 4.78 is 10.3. The molecule has 3 N–H and O–H groups in total. The Bertz CT molecular complexity index is 951. The lowest BCUT2D eigenvalue weighted by Crippen LogP contribution is -2.52. The predicted octanol–water partition coefficient (Wildman–Crippen LogP) is 3.80. The van der Waals surface area contributed by atoms with Crippen molar-refractivity contribution in [2.75, 3.05) is 7.11 Å². The molecule has 0 aliphatic carbocycles. The van der Waals surface area contributed by atoms with Crippen LogP contribution < -0.4 is 15.4 Å². The Morgan fingerprint density at radius 1 is 1.00 bits per heavy atom. The minimum absolute atomic E-state index is 0.0115. The molecule has 2 rings (SSSR count). The van der Waals surface area contributed by atoms with Crippen LogP contribution in [-0.2, 0) is 27.4 Å². The van der Waals surface area contributed by atoms with Gasteiger partial charge in [-0.1, -0.05) is 61.8 Å². The minimum Gasteiger partial charge on any atom is -0.495 e. The number of alkyl carbamates (subject to hydrolysis) is 1. The van der Waals surface area contributed by atoms with Gasteiger partial charge in [0, 0.05) is 6.42 Å². The molecule has 33 heavy (non-hydrogen) atoms. The first-order valence-electron chi connectivity index (χ1n) is 10.5.